The number of carbonyl (C=O) groups is 1. The molecule has 0 aliphatic carbocycles. The van der Waals surface area contributed by atoms with Gasteiger partial charge in [0.1, 0.15) is 0 Å². The fourth-order valence-corrected chi connectivity index (χ4v) is 1.63. The lowest BCUT2D eigenvalue weighted by atomic mass is 10.1. The number of hydrogen-bond acceptors (Lipinski definition) is 4. The Balaban J connectivity index is 2.61. The van der Waals surface area contributed by atoms with Gasteiger partial charge in [0, 0.05) is 24.8 Å². The summed E-state index contributed by atoms with van der Waals surface area (Å²) < 4.78 is 5.14. The van der Waals surface area contributed by atoms with Crippen LogP contribution in [0, 0.1) is 5.92 Å². The van der Waals surface area contributed by atoms with Gasteiger partial charge in [0.05, 0.1) is 13.0 Å². The fourth-order valence-electron chi connectivity index (χ4n) is 1.63. The van der Waals surface area contributed by atoms with E-state index < -0.39 is 5.97 Å². The van der Waals surface area contributed by atoms with Gasteiger partial charge in [-0.1, -0.05) is 13.0 Å². The Bertz CT molecular complexity index is 382. The minimum atomic E-state index is -0.782. The number of carboxylic acid groups (broad SMARTS) is 1. The highest BCUT2D eigenvalue weighted by atomic mass is 16.5. The third-order valence-corrected chi connectivity index (χ3v) is 2.49. The Morgan fingerprint density at radius 1 is 1.65 bits per heavy atom. The number of aliphatic carboxylic acids is 1. The van der Waals surface area contributed by atoms with E-state index in [-0.39, 0.29) is 5.92 Å². The van der Waals surface area contributed by atoms with Crippen molar-refractivity contribution < 1.29 is 14.6 Å². The predicted molar refractivity (Wildman–Crippen MR) is 63.9 cm³/mol. The van der Waals surface area contributed by atoms with Gasteiger partial charge in [-0.05, 0) is 13.1 Å². The van der Waals surface area contributed by atoms with Crippen LogP contribution in [-0.4, -0.2) is 41.7 Å². The Labute approximate surface area is 101 Å². The van der Waals surface area contributed by atoms with Crippen LogP contribution in [0.5, 0.6) is 5.88 Å². The molecule has 0 radical (unpaired) electrons. The molecule has 1 N–H and O–H groups in total. The first kappa shape index (κ1) is 13.4. The van der Waals surface area contributed by atoms with Crippen molar-refractivity contribution >= 4 is 5.97 Å². The summed E-state index contributed by atoms with van der Waals surface area (Å²) >= 11 is 0. The number of hydrogen-bond donors (Lipinski definition) is 1. The first-order valence-corrected chi connectivity index (χ1v) is 5.43. The molecule has 1 aromatic heterocycles. The number of rotatable bonds is 6. The van der Waals surface area contributed by atoms with Gasteiger partial charge in [0.15, 0.2) is 0 Å². The van der Waals surface area contributed by atoms with Gasteiger partial charge in [-0.25, -0.2) is 4.98 Å². The van der Waals surface area contributed by atoms with Crippen LogP contribution in [0.3, 0.4) is 0 Å². The van der Waals surface area contributed by atoms with Crippen molar-refractivity contribution in [1.29, 1.82) is 0 Å². The molecule has 0 spiro atoms. The lowest BCUT2D eigenvalue weighted by Crippen LogP contribution is -2.28. The highest BCUT2D eigenvalue weighted by Gasteiger charge is 2.14. The summed E-state index contributed by atoms with van der Waals surface area (Å²) in [6.07, 6.45) is 1.67. The Hall–Kier alpha value is -1.62. The van der Waals surface area contributed by atoms with E-state index in [4.69, 9.17) is 9.84 Å². The van der Waals surface area contributed by atoms with Gasteiger partial charge in [0.25, 0.3) is 0 Å². The number of aromatic nitrogens is 1. The summed E-state index contributed by atoms with van der Waals surface area (Å²) in [6.45, 7) is 2.81. The Kier molecular flexibility index (Phi) is 4.90. The van der Waals surface area contributed by atoms with Crippen LogP contribution in [0.2, 0.25) is 0 Å². The maximum absolute atomic E-state index is 10.7. The van der Waals surface area contributed by atoms with E-state index in [9.17, 15) is 4.79 Å². The molecule has 0 aliphatic rings. The van der Waals surface area contributed by atoms with Gasteiger partial charge >= 0.3 is 5.97 Å². The van der Waals surface area contributed by atoms with Crippen LogP contribution in [0.15, 0.2) is 18.3 Å². The molecule has 0 saturated carbocycles. The van der Waals surface area contributed by atoms with E-state index >= 15 is 0 Å². The normalized spacial score (nSPS) is 12.5. The largest absolute Gasteiger partial charge is 0.481 e. The number of pyridine rings is 1. The second-order valence-corrected chi connectivity index (χ2v) is 4.11. The summed E-state index contributed by atoms with van der Waals surface area (Å²) in [4.78, 5) is 16.8. The zero-order valence-electron chi connectivity index (χ0n) is 10.4. The topological polar surface area (TPSA) is 62.7 Å². The summed E-state index contributed by atoms with van der Waals surface area (Å²) in [5.74, 6) is -0.583. The average Bonchev–Trinajstić information content (AvgIpc) is 2.29. The quantitative estimate of drug-likeness (QED) is 0.808. The maximum atomic E-state index is 10.7. The lowest BCUT2D eigenvalue weighted by Gasteiger charge is -2.19. The molecule has 94 valence electrons. The van der Waals surface area contributed by atoms with Crippen LogP contribution in [-0.2, 0) is 11.3 Å². The molecule has 5 heteroatoms. The molecule has 0 bridgehead atoms. The van der Waals surface area contributed by atoms with Crippen molar-refractivity contribution in [2.75, 3.05) is 20.7 Å². The van der Waals surface area contributed by atoms with Crippen LogP contribution >= 0.6 is 0 Å². The monoisotopic (exact) mass is 238 g/mol. The van der Waals surface area contributed by atoms with Crippen LogP contribution in [0.25, 0.3) is 0 Å². The van der Waals surface area contributed by atoms with Crippen molar-refractivity contribution in [2.24, 2.45) is 5.92 Å². The predicted octanol–water partition coefficient (Wildman–Crippen LogP) is 1.24. The maximum Gasteiger partial charge on any atom is 0.307 e. The smallest absolute Gasteiger partial charge is 0.307 e. The van der Waals surface area contributed by atoms with E-state index in [1.54, 1.807) is 20.2 Å². The second-order valence-electron chi connectivity index (χ2n) is 4.11. The molecule has 1 rings (SSSR count). The molecule has 1 atom stereocenters. The van der Waals surface area contributed by atoms with E-state index in [1.807, 2.05) is 24.1 Å². The number of methoxy groups -OCH3 is 1. The van der Waals surface area contributed by atoms with Crippen LogP contribution in [0.1, 0.15) is 12.5 Å². The molecule has 0 aliphatic heterocycles. The molecule has 1 aromatic rings. The molecule has 1 unspecified atom stereocenters. The summed E-state index contributed by atoms with van der Waals surface area (Å²) in [7, 11) is 3.46. The molecule has 17 heavy (non-hydrogen) atoms. The van der Waals surface area contributed by atoms with E-state index in [0.29, 0.717) is 19.0 Å². The van der Waals surface area contributed by atoms with Crippen molar-refractivity contribution in [3.63, 3.8) is 0 Å². The average molecular weight is 238 g/mol. The molecule has 0 aromatic carbocycles. The summed E-state index contributed by atoms with van der Waals surface area (Å²) in [5.41, 5.74) is 0.954. The number of carboxylic acids is 1. The highest BCUT2D eigenvalue weighted by Crippen LogP contribution is 2.15. The first-order valence-electron chi connectivity index (χ1n) is 5.43. The third kappa shape index (κ3) is 4.03. The summed E-state index contributed by atoms with van der Waals surface area (Å²) in [5, 5.41) is 8.83. The molecular formula is C12H18N2O3. The molecule has 5 nitrogen and oxygen atoms in total. The number of nitrogens with zero attached hydrogens (tertiary/aromatic N) is 2. The SMILES string of the molecule is COc1ncccc1CN(C)CC(C)C(=O)O. The van der Waals surface area contributed by atoms with Gasteiger partial charge in [0.2, 0.25) is 5.88 Å². The van der Waals surface area contributed by atoms with Crippen molar-refractivity contribution in [3.8, 4) is 5.88 Å². The van der Waals surface area contributed by atoms with Gasteiger partial charge < -0.3 is 14.7 Å². The first-order chi connectivity index (χ1) is 8.04. The van der Waals surface area contributed by atoms with Crippen LogP contribution < -0.4 is 4.74 Å². The van der Waals surface area contributed by atoms with E-state index in [1.165, 1.54) is 0 Å². The van der Waals surface area contributed by atoms with Gasteiger partial charge in [-0.3, -0.25) is 4.79 Å². The Morgan fingerprint density at radius 3 is 2.94 bits per heavy atom. The van der Waals surface area contributed by atoms with Crippen molar-refractivity contribution in [1.82, 2.24) is 9.88 Å². The van der Waals surface area contributed by atoms with Crippen molar-refractivity contribution in [3.05, 3.63) is 23.9 Å². The highest BCUT2D eigenvalue weighted by molar-refractivity contribution is 5.69. The van der Waals surface area contributed by atoms with Crippen molar-refractivity contribution in [2.45, 2.75) is 13.5 Å². The fraction of sp³-hybridized carbons (Fsp3) is 0.500. The van der Waals surface area contributed by atoms with Crippen LogP contribution in [0.4, 0.5) is 0 Å². The lowest BCUT2D eigenvalue weighted by molar-refractivity contribution is -0.141. The third-order valence-electron chi connectivity index (χ3n) is 2.49. The van der Waals surface area contributed by atoms with Gasteiger partial charge in [-0.15, -0.1) is 0 Å². The zero-order chi connectivity index (χ0) is 12.8. The minimum Gasteiger partial charge on any atom is -0.481 e. The summed E-state index contributed by atoms with van der Waals surface area (Å²) in [6, 6.07) is 3.76. The van der Waals surface area contributed by atoms with Gasteiger partial charge in [-0.2, -0.15) is 0 Å². The molecular weight excluding hydrogens is 220 g/mol. The number of ether oxygens (including phenoxy) is 1. The Morgan fingerprint density at radius 2 is 2.35 bits per heavy atom. The van der Waals surface area contributed by atoms with E-state index in [0.717, 1.165) is 5.56 Å². The minimum absolute atomic E-state index is 0.386. The molecule has 0 amide bonds. The second kappa shape index (κ2) is 6.20. The molecule has 0 fully saturated rings. The van der Waals surface area contributed by atoms with E-state index in [2.05, 4.69) is 4.98 Å². The molecule has 1 heterocycles. The zero-order valence-corrected chi connectivity index (χ0v) is 10.4. The molecule has 0 saturated heterocycles. The standard InChI is InChI=1S/C12H18N2O3/c1-9(12(15)16)7-14(2)8-10-5-4-6-13-11(10)17-3/h4-6,9H,7-8H2,1-3H3,(H,15,16).